The molecule has 1 aliphatic rings. The molecule has 1 aromatic rings. The highest BCUT2D eigenvalue weighted by atomic mass is 16.5. The first-order valence-electron chi connectivity index (χ1n) is 6.56. The second-order valence-electron chi connectivity index (χ2n) is 5.31. The largest absolute Gasteiger partial charge is 0.388 e. The summed E-state index contributed by atoms with van der Waals surface area (Å²) < 4.78 is 6.65. The molecular weight excluding hydrogens is 246 g/mol. The number of methoxy groups -OCH3 is 1. The van der Waals surface area contributed by atoms with Crippen molar-refractivity contribution in [2.24, 2.45) is 0 Å². The van der Waals surface area contributed by atoms with Crippen LogP contribution in [0.15, 0.2) is 17.2 Å². The van der Waals surface area contributed by atoms with Gasteiger partial charge in [0, 0.05) is 45.1 Å². The van der Waals surface area contributed by atoms with Gasteiger partial charge in [-0.1, -0.05) is 0 Å². The Labute approximate surface area is 112 Å². The quantitative estimate of drug-likeness (QED) is 0.763. The number of hydrogen-bond acceptors (Lipinski definition) is 5. The van der Waals surface area contributed by atoms with E-state index in [1.165, 1.54) is 0 Å². The fourth-order valence-electron chi connectivity index (χ4n) is 1.87. The lowest BCUT2D eigenvalue weighted by Gasteiger charge is -2.23. The van der Waals surface area contributed by atoms with Crippen molar-refractivity contribution in [3.05, 3.63) is 22.7 Å². The van der Waals surface area contributed by atoms with Crippen LogP contribution in [0.2, 0.25) is 0 Å². The van der Waals surface area contributed by atoms with Gasteiger partial charge in [-0.2, -0.15) is 0 Å². The van der Waals surface area contributed by atoms with Gasteiger partial charge in [0.15, 0.2) is 5.82 Å². The zero-order chi connectivity index (χ0) is 13.9. The van der Waals surface area contributed by atoms with Crippen LogP contribution < -0.4 is 10.9 Å². The Kier molecular flexibility index (Phi) is 4.21. The maximum absolute atomic E-state index is 12.1. The smallest absolute Gasteiger partial charge is 0.293 e. The lowest BCUT2D eigenvalue weighted by atomic mass is 10.0. The van der Waals surface area contributed by atoms with Crippen LogP contribution in [0.4, 0.5) is 5.82 Å². The molecule has 1 heterocycles. The number of ether oxygens (including phenoxy) is 1. The Morgan fingerprint density at radius 3 is 3.00 bits per heavy atom. The van der Waals surface area contributed by atoms with Crippen molar-refractivity contribution >= 4 is 5.82 Å². The molecule has 0 saturated heterocycles. The molecule has 0 bridgehead atoms. The van der Waals surface area contributed by atoms with E-state index in [9.17, 15) is 9.90 Å². The van der Waals surface area contributed by atoms with Gasteiger partial charge in [-0.25, -0.2) is 4.98 Å². The maximum atomic E-state index is 12.1. The molecule has 1 saturated carbocycles. The fourth-order valence-corrected chi connectivity index (χ4v) is 1.87. The molecule has 2 rings (SSSR count). The molecule has 1 aromatic heterocycles. The first kappa shape index (κ1) is 14.0. The third-order valence-electron chi connectivity index (χ3n) is 3.29. The molecule has 0 spiro atoms. The summed E-state index contributed by atoms with van der Waals surface area (Å²) in [6.07, 6.45) is 5.93. The summed E-state index contributed by atoms with van der Waals surface area (Å²) in [4.78, 5) is 16.2. The SMILES string of the molecule is COCCC(C)(O)CNc1nccn(C2CC2)c1=O. The average Bonchev–Trinajstić information content (AvgIpc) is 3.20. The van der Waals surface area contributed by atoms with Gasteiger partial charge < -0.3 is 19.7 Å². The first-order valence-corrected chi connectivity index (χ1v) is 6.56. The van der Waals surface area contributed by atoms with Crippen molar-refractivity contribution < 1.29 is 9.84 Å². The van der Waals surface area contributed by atoms with E-state index in [0.29, 0.717) is 24.9 Å². The molecule has 2 N–H and O–H groups in total. The Morgan fingerprint density at radius 1 is 1.63 bits per heavy atom. The van der Waals surface area contributed by atoms with E-state index in [2.05, 4.69) is 10.3 Å². The molecule has 1 atom stereocenters. The van der Waals surface area contributed by atoms with Gasteiger partial charge in [-0.05, 0) is 19.8 Å². The van der Waals surface area contributed by atoms with Crippen LogP contribution in [0.3, 0.4) is 0 Å². The molecule has 1 fully saturated rings. The summed E-state index contributed by atoms with van der Waals surface area (Å²) in [6, 6.07) is 0.324. The molecule has 1 unspecified atom stereocenters. The van der Waals surface area contributed by atoms with E-state index in [1.54, 1.807) is 31.0 Å². The van der Waals surface area contributed by atoms with E-state index >= 15 is 0 Å². The van der Waals surface area contributed by atoms with E-state index in [1.807, 2.05) is 0 Å². The number of anilines is 1. The maximum Gasteiger partial charge on any atom is 0.293 e. The second-order valence-corrected chi connectivity index (χ2v) is 5.31. The van der Waals surface area contributed by atoms with Crippen LogP contribution >= 0.6 is 0 Å². The van der Waals surface area contributed by atoms with Crippen molar-refractivity contribution in [3.63, 3.8) is 0 Å². The highest BCUT2D eigenvalue weighted by Gasteiger charge is 2.26. The van der Waals surface area contributed by atoms with Crippen LogP contribution in [0, 0.1) is 0 Å². The zero-order valence-corrected chi connectivity index (χ0v) is 11.4. The Morgan fingerprint density at radius 2 is 2.37 bits per heavy atom. The molecule has 0 aromatic carbocycles. The molecule has 0 radical (unpaired) electrons. The van der Waals surface area contributed by atoms with Gasteiger partial charge in [0.05, 0.1) is 5.60 Å². The highest BCUT2D eigenvalue weighted by molar-refractivity contribution is 5.31. The molecule has 6 heteroatoms. The number of aliphatic hydroxyl groups is 1. The van der Waals surface area contributed by atoms with Crippen molar-refractivity contribution in [2.45, 2.75) is 37.8 Å². The summed E-state index contributed by atoms with van der Waals surface area (Å²) in [5.41, 5.74) is -1.04. The number of hydrogen-bond donors (Lipinski definition) is 2. The number of nitrogens with zero attached hydrogens (tertiary/aromatic N) is 2. The Hall–Kier alpha value is -1.40. The van der Waals surface area contributed by atoms with Crippen LogP contribution in [0.5, 0.6) is 0 Å². The van der Waals surface area contributed by atoms with E-state index in [4.69, 9.17) is 4.74 Å². The second kappa shape index (κ2) is 5.71. The van der Waals surface area contributed by atoms with Crippen molar-refractivity contribution in [1.82, 2.24) is 9.55 Å². The van der Waals surface area contributed by atoms with Crippen molar-refractivity contribution in [2.75, 3.05) is 25.6 Å². The monoisotopic (exact) mass is 267 g/mol. The van der Waals surface area contributed by atoms with Crippen LogP contribution in [-0.2, 0) is 4.74 Å². The molecule has 106 valence electrons. The summed E-state index contributed by atoms with van der Waals surface area (Å²) in [5, 5.41) is 13.0. The molecular formula is C13H21N3O3. The minimum absolute atomic E-state index is 0.118. The van der Waals surface area contributed by atoms with Crippen LogP contribution in [0.1, 0.15) is 32.2 Å². The predicted molar refractivity (Wildman–Crippen MR) is 72.4 cm³/mol. The van der Waals surface area contributed by atoms with Crippen molar-refractivity contribution in [1.29, 1.82) is 0 Å². The Bertz CT molecular complexity index is 480. The van der Waals surface area contributed by atoms with Gasteiger partial charge >= 0.3 is 0 Å². The van der Waals surface area contributed by atoms with E-state index in [-0.39, 0.29) is 12.1 Å². The first-order chi connectivity index (χ1) is 9.03. The molecule has 6 nitrogen and oxygen atoms in total. The van der Waals surface area contributed by atoms with Gasteiger partial charge in [0.25, 0.3) is 5.56 Å². The van der Waals surface area contributed by atoms with E-state index < -0.39 is 5.60 Å². The minimum Gasteiger partial charge on any atom is -0.388 e. The standard InChI is InChI=1S/C13H21N3O3/c1-13(18,5-8-19-2)9-15-11-12(17)16(7-6-14-11)10-3-4-10/h6-7,10,18H,3-5,8-9H2,1-2H3,(H,14,15). The normalized spacial score (nSPS) is 18.1. The number of nitrogens with one attached hydrogen (secondary N) is 1. The minimum atomic E-state index is -0.926. The molecule has 0 aliphatic heterocycles. The third kappa shape index (κ3) is 3.78. The Balaban J connectivity index is 1.99. The third-order valence-corrected chi connectivity index (χ3v) is 3.29. The summed E-state index contributed by atoms with van der Waals surface area (Å²) >= 11 is 0. The summed E-state index contributed by atoms with van der Waals surface area (Å²) in [7, 11) is 1.59. The number of rotatable bonds is 7. The van der Waals surface area contributed by atoms with Gasteiger partial charge in [-0.15, -0.1) is 0 Å². The van der Waals surface area contributed by atoms with E-state index in [0.717, 1.165) is 12.8 Å². The molecule has 1 aliphatic carbocycles. The number of aromatic nitrogens is 2. The van der Waals surface area contributed by atoms with Gasteiger partial charge in [0.1, 0.15) is 0 Å². The molecule has 19 heavy (non-hydrogen) atoms. The lowest BCUT2D eigenvalue weighted by Crippen LogP contribution is -2.36. The summed E-state index contributed by atoms with van der Waals surface area (Å²) in [6.45, 7) is 2.46. The fraction of sp³-hybridized carbons (Fsp3) is 0.692. The van der Waals surface area contributed by atoms with Gasteiger partial charge in [-0.3, -0.25) is 4.79 Å². The van der Waals surface area contributed by atoms with Crippen molar-refractivity contribution in [3.8, 4) is 0 Å². The predicted octanol–water partition coefficient (Wildman–Crippen LogP) is 0.778. The lowest BCUT2D eigenvalue weighted by molar-refractivity contribution is 0.0356. The van der Waals surface area contributed by atoms with Gasteiger partial charge in [0.2, 0.25) is 0 Å². The average molecular weight is 267 g/mol. The highest BCUT2D eigenvalue weighted by Crippen LogP contribution is 2.33. The summed E-state index contributed by atoms with van der Waals surface area (Å²) in [5.74, 6) is 0.298. The zero-order valence-electron chi connectivity index (χ0n) is 11.4. The molecule has 0 amide bonds. The topological polar surface area (TPSA) is 76.4 Å². The van der Waals surface area contributed by atoms with Crippen LogP contribution in [0.25, 0.3) is 0 Å². The van der Waals surface area contributed by atoms with Crippen LogP contribution in [-0.4, -0.2) is 40.5 Å².